The maximum Gasteiger partial charge on any atom is 0.254 e. The lowest BCUT2D eigenvalue weighted by Crippen LogP contribution is -2.38. The van der Waals surface area contributed by atoms with Crippen LogP contribution < -0.4 is 0 Å². The second-order valence-corrected chi connectivity index (χ2v) is 9.22. The average molecular weight is 467 g/mol. The Labute approximate surface area is 200 Å². The van der Waals surface area contributed by atoms with E-state index in [0.717, 1.165) is 34.2 Å². The molecule has 4 heterocycles. The molecule has 1 aliphatic rings. The van der Waals surface area contributed by atoms with Crippen LogP contribution in [0.15, 0.2) is 78.2 Å². The van der Waals surface area contributed by atoms with Crippen LogP contribution in [0.3, 0.4) is 0 Å². The first-order valence-electron chi connectivity index (χ1n) is 11.1. The molecular formula is C26H22N6OS. The lowest BCUT2D eigenvalue weighted by molar-refractivity contribution is 0.0708. The molecule has 3 aromatic heterocycles. The van der Waals surface area contributed by atoms with Crippen molar-refractivity contribution >= 4 is 17.2 Å². The number of benzene rings is 2. The Balaban J connectivity index is 1.22. The first-order chi connectivity index (χ1) is 16.7. The number of thiophene rings is 1. The van der Waals surface area contributed by atoms with Gasteiger partial charge in [-0.25, -0.2) is 0 Å². The van der Waals surface area contributed by atoms with E-state index in [1.165, 1.54) is 4.88 Å². The Morgan fingerprint density at radius 2 is 1.74 bits per heavy atom. The fraction of sp³-hybridized carbons (Fsp3) is 0.154. The van der Waals surface area contributed by atoms with E-state index in [1.807, 2.05) is 83.4 Å². The first kappa shape index (κ1) is 20.6. The van der Waals surface area contributed by atoms with E-state index in [2.05, 4.69) is 31.3 Å². The normalized spacial score (nSPS) is 13.1. The Morgan fingerprint density at radius 3 is 2.50 bits per heavy atom. The molecule has 6 rings (SSSR count). The minimum Gasteiger partial charge on any atom is -0.329 e. The van der Waals surface area contributed by atoms with Crippen LogP contribution in [0.25, 0.3) is 33.2 Å². The molecule has 7 nitrogen and oxygen atoms in total. The van der Waals surface area contributed by atoms with Crippen molar-refractivity contribution in [2.45, 2.75) is 13.1 Å². The van der Waals surface area contributed by atoms with Gasteiger partial charge in [-0.1, -0.05) is 48.5 Å². The summed E-state index contributed by atoms with van der Waals surface area (Å²) >= 11 is 1.69. The molecule has 0 aliphatic carbocycles. The molecule has 0 saturated carbocycles. The highest BCUT2D eigenvalue weighted by Gasteiger charge is 2.27. The maximum atomic E-state index is 13.2. The van der Waals surface area contributed by atoms with Crippen LogP contribution in [-0.4, -0.2) is 41.9 Å². The lowest BCUT2D eigenvalue weighted by atomic mass is 10.1. The van der Waals surface area contributed by atoms with Crippen molar-refractivity contribution < 1.29 is 4.79 Å². The van der Waals surface area contributed by atoms with E-state index in [1.54, 1.807) is 11.3 Å². The van der Waals surface area contributed by atoms with Gasteiger partial charge in [-0.05, 0) is 35.2 Å². The number of aryl methyl sites for hydroxylation is 1. The summed E-state index contributed by atoms with van der Waals surface area (Å²) in [6.45, 7) is 1.68. The number of carbonyl (C=O) groups is 1. The number of fused-ring (bicyclic) bond motifs is 1. The molecule has 0 radical (unpaired) electrons. The predicted octanol–water partition coefficient (Wildman–Crippen LogP) is 4.73. The van der Waals surface area contributed by atoms with E-state index in [9.17, 15) is 4.79 Å². The topological polar surface area (TPSA) is 68.8 Å². The molecule has 0 bridgehead atoms. The van der Waals surface area contributed by atoms with Gasteiger partial charge >= 0.3 is 0 Å². The van der Waals surface area contributed by atoms with Gasteiger partial charge in [0.15, 0.2) is 11.6 Å². The Kier molecular flexibility index (Phi) is 5.07. The van der Waals surface area contributed by atoms with E-state index in [-0.39, 0.29) is 5.91 Å². The summed E-state index contributed by atoms with van der Waals surface area (Å²) in [6, 6.07) is 24.1. The smallest absolute Gasteiger partial charge is 0.254 e. The number of nitrogens with zero attached hydrogens (tertiary/aromatic N) is 6. The van der Waals surface area contributed by atoms with Gasteiger partial charge in [-0.2, -0.15) is 5.10 Å². The summed E-state index contributed by atoms with van der Waals surface area (Å²) in [5.41, 5.74) is 4.67. The number of hydrogen-bond acceptors (Lipinski definition) is 5. The van der Waals surface area contributed by atoms with Crippen LogP contribution in [-0.2, 0) is 20.1 Å². The number of hydrogen-bond donors (Lipinski definition) is 0. The van der Waals surface area contributed by atoms with E-state index in [0.29, 0.717) is 25.2 Å². The Morgan fingerprint density at radius 1 is 0.912 bits per heavy atom. The summed E-state index contributed by atoms with van der Waals surface area (Å²) in [6.07, 6.45) is 0. The predicted molar refractivity (Wildman–Crippen MR) is 132 cm³/mol. The summed E-state index contributed by atoms with van der Waals surface area (Å²) in [7, 11) is 1.92. The van der Waals surface area contributed by atoms with Gasteiger partial charge in [0.05, 0.1) is 12.2 Å². The fourth-order valence-electron chi connectivity index (χ4n) is 4.35. The SMILES string of the molecule is Cn1nc(-c2ccccc2)cc1-c1nnc2n1CCN(C(=O)c1ccc(-c3cccs3)cc1)C2. The van der Waals surface area contributed by atoms with Gasteiger partial charge in [-0.3, -0.25) is 9.48 Å². The molecule has 0 unspecified atom stereocenters. The molecule has 5 aromatic rings. The summed E-state index contributed by atoms with van der Waals surface area (Å²) in [5.74, 6) is 1.58. The average Bonchev–Trinajstić information content (AvgIpc) is 3.64. The lowest BCUT2D eigenvalue weighted by Gasteiger charge is -2.28. The van der Waals surface area contributed by atoms with Gasteiger partial charge in [0.2, 0.25) is 0 Å². The molecule has 0 saturated heterocycles. The van der Waals surface area contributed by atoms with Crippen molar-refractivity contribution in [2.75, 3.05) is 6.54 Å². The van der Waals surface area contributed by atoms with Gasteiger partial charge < -0.3 is 9.47 Å². The second kappa shape index (κ2) is 8.39. The summed E-state index contributed by atoms with van der Waals surface area (Å²) in [4.78, 5) is 16.2. The minimum atomic E-state index is 0.0143. The zero-order valence-corrected chi connectivity index (χ0v) is 19.4. The van der Waals surface area contributed by atoms with Crippen molar-refractivity contribution in [3.8, 4) is 33.2 Å². The van der Waals surface area contributed by atoms with Crippen molar-refractivity contribution in [1.82, 2.24) is 29.4 Å². The number of aromatic nitrogens is 5. The van der Waals surface area contributed by atoms with Crippen molar-refractivity contribution in [2.24, 2.45) is 7.05 Å². The zero-order chi connectivity index (χ0) is 23.1. The van der Waals surface area contributed by atoms with Crippen LogP contribution in [0.2, 0.25) is 0 Å². The Bertz CT molecular complexity index is 1450. The molecular weight excluding hydrogens is 444 g/mol. The second-order valence-electron chi connectivity index (χ2n) is 8.28. The molecule has 0 fully saturated rings. The number of carbonyl (C=O) groups excluding carboxylic acids is 1. The molecule has 8 heteroatoms. The third-order valence-electron chi connectivity index (χ3n) is 6.16. The molecule has 168 valence electrons. The van der Waals surface area contributed by atoms with Gasteiger partial charge in [0, 0.05) is 36.1 Å². The first-order valence-corrected chi connectivity index (χ1v) is 12.0. The summed E-state index contributed by atoms with van der Waals surface area (Å²) < 4.78 is 3.93. The van der Waals surface area contributed by atoms with Crippen LogP contribution in [0.5, 0.6) is 0 Å². The van der Waals surface area contributed by atoms with Crippen molar-refractivity contribution in [3.05, 3.63) is 89.6 Å². The van der Waals surface area contributed by atoms with Crippen LogP contribution in [0.1, 0.15) is 16.2 Å². The van der Waals surface area contributed by atoms with Crippen molar-refractivity contribution in [3.63, 3.8) is 0 Å². The van der Waals surface area contributed by atoms with Gasteiger partial charge in [0.25, 0.3) is 5.91 Å². The molecule has 1 aliphatic heterocycles. The van der Waals surface area contributed by atoms with Crippen LogP contribution in [0, 0.1) is 0 Å². The number of rotatable bonds is 4. The van der Waals surface area contributed by atoms with Gasteiger partial charge in [0.1, 0.15) is 5.69 Å². The van der Waals surface area contributed by atoms with Crippen LogP contribution in [0.4, 0.5) is 0 Å². The molecule has 34 heavy (non-hydrogen) atoms. The van der Waals surface area contributed by atoms with Crippen molar-refractivity contribution in [1.29, 1.82) is 0 Å². The monoisotopic (exact) mass is 466 g/mol. The largest absolute Gasteiger partial charge is 0.329 e. The maximum absolute atomic E-state index is 13.2. The van der Waals surface area contributed by atoms with E-state index >= 15 is 0 Å². The number of amides is 1. The molecule has 0 spiro atoms. The zero-order valence-electron chi connectivity index (χ0n) is 18.6. The highest BCUT2D eigenvalue weighted by Crippen LogP contribution is 2.28. The quantitative estimate of drug-likeness (QED) is 0.384. The third kappa shape index (κ3) is 3.62. The highest BCUT2D eigenvalue weighted by molar-refractivity contribution is 7.13. The molecule has 2 aromatic carbocycles. The Hall–Kier alpha value is -4.04. The molecule has 0 atom stereocenters. The molecule has 1 amide bonds. The fourth-order valence-corrected chi connectivity index (χ4v) is 5.08. The summed E-state index contributed by atoms with van der Waals surface area (Å²) in [5, 5.41) is 15.6. The van der Waals surface area contributed by atoms with Gasteiger partial charge in [-0.15, -0.1) is 21.5 Å². The minimum absolute atomic E-state index is 0.0143. The standard InChI is InChI=1S/C26H22N6OS/c1-30-22(16-21(29-30)18-6-3-2-4-7-18)25-28-27-24-17-31(13-14-32(24)25)26(33)20-11-9-19(10-12-20)23-8-5-15-34-23/h2-12,15-16H,13-14,17H2,1H3. The third-order valence-corrected chi connectivity index (χ3v) is 7.08. The highest BCUT2D eigenvalue weighted by atomic mass is 32.1. The molecule has 0 N–H and O–H groups in total. The van der Waals surface area contributed by atoms with E-state index < -0.39 is 0 Å². The van der Waals surface area contributed by atoms with E-state index in [4.69, 9.17) is 0 Å². The van der Waals surface area contributed by atoms with Crippen LogP contribution >= 0.6 is 11.3 Å².